The molecule has 0 aliphatic heterocycles. The molecule has 1 atom stereocenters. The number of hydrogen-bond acceptors (Lipinski definition) is 4. The number of nitrogens with zero attached hydrogens (tertiary/aromatic N) is 1. The molecular weight excluding hydrogens is 268 g/mol. The average molecular weight is 290 g/mol. The highest BCUT2D eigenvalue weighted by atomic mass is 32.1. The van der Waals surface area contributed by atoms with Crippen molar-refractivity contribution in [2.45, 2.75) is 45.8 Å². The van der Waals surface area contributed by atoms with Crippen LogP contribution in [0.25, 0.3) is 0 Å². The van der Waals surface area contributed by atoms with E-state index in [-0.39, 0.29) is 6.04 Å². The van der Waals surface area contributed by atoms with E-state index in [2.05, 4.69) is 31.1 Å². The lowest BCUT2D eigenvalue weighted by molar-refractivity contribution is 0.301. The first kappa shape index (κ1) is 15.0. The average Bonchev–Trinajstić information content (AvgIpc) is 2.94. The zero-order valence-electron chi connectivity index (χ0n) is 12.3. The van der Waals surface area contributed by atoms with Crippen LogP contribution in [-0.2, 0) is 6.61 Å². The molecular formula is C16H22N2OS. The van der Waals surface area contributed by atoms with Crippen LogP contribution in [0.2, 0.25) is 0 Å². The molecule has 108 valence electrons. The van der Waals surface area contributed by atoms with Gasteiger partial charge >= 0.3 is 0 Å². The third-order valence-corrected chi connectivity index (χ3v) is 4.39. The summed E-state index contributed by atoms with van der Waals surface area (Å²) in [6, 6.07) is 8.12. The maximum atomic E-state index is 5.99. The van der Waals surface area contributed by atoms with Gasteiger partial charge in [0.2, 0.25) is 0 Å². The Bertz CT molecular complexity index is 534. The summed E-state index contributed by atoms with van der Waals surface area (Å²) in [5.74, 6) is 1.33. The van der Waals surface area contributed by atoms with Crippen LogP contribution in [0.5, 0.6) is 5.75 Å². The number of rotatable bonds is 6. The first-order chi connectivity index (χ1) is 9.60. The summed E-state index contributed by atoms with van der Waals surface area (Å²) in [4.78, 5) is 4.56. The predicted molar refractivity (Wildman–Crippen MR) is 84.2 cm³/mol. The third kappa shape index (κ3) is 3.81. The van der Waals surface area contributed by atoms with Crippen LogP contribution in [0.1, 0.15) is 55.4 Å². The molecule has 20 heavy (non-hydrogen) atoms. The molecule has 0 amide bonds. The molecule has 0 saturated carbocycles. The smallest absolute Gasteiger partial charge is 0.131 e. The van der Waals surface area contributed by atoms with Gasteiger partial charge in [0.25, 0.3) is 0 Å². The molecule has 1 aromatic heterocycles. The van der Waals surface area contributed by atoms with Crippen LogP contribution in [-0.4, -0.2) is 4.98 Å². The molecule has 3 nitrogen and oxygen atoms in total. The fourth-order valence-corrected chi connectivity index (χ4v) is 2.68. The molecule has 0 aliphatic carbocycles. The largest absolute Gasteiger partial charge is 0.487 e. The van der Waals surface area contributed by atoms with E-state index in [9.17, 15) is 0 Å². The summed E-state index contributed by atoms with van der Waals surface area (Å²) in [6.07, 6.45) is 0.941. The molecule has 0 radical (unpaired) electrons. The lowest BCUT2D eigenvalue weighted by Crippen LogP contribution is -2.08. The standard InChI is InChI=1S/C16H22N2OS/c1-4-15(17)12-5-7-14(8-6-12)19-9-13-10-20-16(18-13)11(2)3/h5-8,10-11,15H,4,9,17H2,1-3H3/t15-/m0/s1. The zero-order chi connectivity index (χ0) is 14.5. The van der Waals surface area contributed by atoms with Crippen molar-refractivity contribution in [3.8, 4) is 5.75 Å². The number of hydrogen-bond donors (Lipinski definition) is 1. The van der Waals surface area contributed by atoms with Crippen molar-refractivity contribution < 1.29 is 4.74 Å². The van der Waals surface area contributed by atoms with Crippen LogP contribution >= 0.6 is 11.3 Å². The minimum Gasteiger partial charge on any atom is -0.487 e. The van der Waals surface area contributed by atoms with E-state index < -0.39 is 0 Å². The molecule has 0 aliphatic rings. The molecule has 4 heteroatoms. The summed E-state index contributed by atoms with van der Waals surface area (Å²) in [6.45, 7) is 6.91. The molecule has 0 spiro atoms. The quantitative estimate of drug-likeness (QED) is 0.865. The van der Waals surface area contributed by atoms with Gasteiger partial charge in [0, 0.05) is 17.3 Å². The second kappa shape index (κ2) is 6.86. The van der Waals surface area contributed by atoms with Gasteiger partial charge in [-0.1, -0.05) is 32.9 Å². The van der Waals surface area contributed by atoms with E-state index in [1.54, 1.807) is 11.3 Å². The number of ether oxygens (including phenoxy) is 1. The predicted octanol–water partition coefficient (Wildman–Crippen LogP) is 4.26. The Balaban J connectivity index is 1.93. The van der Waals surface area contributed by atoms with E-state index >= 15 is 0 Å². The minimum absolute atomic E-state index is 0.108. The molecule has 2 rings (SSSR count). The van der Waals surface area contributed by atoms with Gasteiger partial charge < -0.3 is 10.5 Å². The monoisotopic (exact) mass is 290 g/mol. The summed E-state index contributed by atoms with van der Waals surface area (Å²) in [7, 11) is 0. The Hall–Kier alpha value is -1.39. The van der Waals surface area contributed by atoms with Gasteiger partial charge in [-0.2, -0.15) is 0 Å². The topological polar surface area (TPSA) is 48.1 Å². The lowest BCUT2D eigenvalue weighted by atomic mass is 10.1. The molecule has 0 saturated heterocycles. The Morgan fingerprint density at radius 2 is 1.95 bits per heavy atom. The Morgan fingerprint density at radius 3 is 2.50 bits per heavy atom. The number of aromatic nitrogens is 1. The maximum Gasteiger partial charge on any atom is 0.131 e. The normalized spacial score (nSPS) is 12.7. The molecule has 1 heterocycles. The second-order valence-corrected chi connectivity index (χ2v) is 6.09. The van der Waals surface area contributed by atoms with Crippen molar-refractivity contribution in [2.75, 3.05) is 0 Å². The summed E-state index contributed by atoms with van der Waals surface area (Å²) >= 11 is 1.69. The lowest BCUT2D eigenvalue weighted by Gasteiger charge is -2.10. The van der Waals surface area contributed by atoms with Crippen LogP contribution < -0.4 is 10.5 Å². The molecule has 2 aromatic rings. The molecule has 0 fully saturated rings. The first-order valence-electron chi connectivity index (χ1n) is 7.02. The van der Waals surface area contributed by atoms with Crippen molar-refractivity contribution in [1.82, 2.24) is 4.98 Å². The van der Waals surface area contributed by atoms with Crippen LogP contribution in [0.4, 0.5) is 0 Å². The summed E-state index contributed by atoms with van der Waals surface area (Å²) in [5, 5.41) is 3.23. The van der Waals surface area contributed by atoms with Crippen LogP contribution in [0, 0.1) is 0 Å². The van der Waals surface area contributed by atoms with E-state index in [1.165, 1.54) is 0 Å². The van der Waals surface area contributed by atoms with Gasteiger partial charge in [-0.3, -0.25) is 0 Å². The van der Waals surface area contributed by atoms with E-state index in [0.717, 1.165) is 28.4 Å². The molecule has 2 N–H and O–H groups in total. The third-order valence-electron chi connectivity index (χ3n) is 3.20. The number of thiazole rings is 1. The van der Waals surface area contributed by atoms with Crippen molar-refractivity contribution >= 4 is 11.3 Å². The molecule has 1 aromatic carbocycles. The van der Waals surface area contributed by atoms with Crippen molar-refractivity contribution in [2.24, 2.45) is 5.73 Å². The fraction of sp³-hybridized carbons (Fsp3) is 0.438. The van der Waals surface area contributed by atoms with Gasteiger partial charge in [0.05, 0.1) is 10.7 Å². The highest BCUT2D eigenvalue weighted by Gasteiger charge is 2.07. The summed E-state index contributed by atoms with van der Waals surface area (Å²) < 4.78 is 5.76. The highest BCUT2D eigenvalue weighted by molar-refractivity contribution is 7.09. The first-order valence-corrected chi connectivity index (χ1v) is 7.90. The van der Waals surface area contributed by atoms with Gasteiger partial charge in [-0.25, -0.2) is 4.98 Å². The number of benzene rings is 1. The van der Waals surface area contributed by atoms with Gasteiger partial charge in [0.1, 0.15) is 12.4 Å². The van der Waals surface area contributed by atoms with E-state index in [4.69, 9.17) is 10.5 Å². The van der Waals surface area contributed by atoms with Gasteiger partial charge in [-0.15, -0.1) is 11.3 Å². The van der Waals surface area contributed by atoms with Crippen LogP contribution in [0.3, 0.4) is 0 Å². The Morgan fingerprint density at radius 1 is 1.25 bits per heavy atom. The van der Waals surface area contributed by atoms with E-state index in [1.807, 2.05) is 24.3 Å². The SMILES string of the molecule is CC[C@H](N)c1ccc(OCc2csc(C(C)C)n2)cc1. The zero-order valence-corrected chi connectivity index (χ0v) is 13.1. The van der Waals surface area contributed by atoms with E-state index in [0.29, 0.717) is 12.5 Å². The minimum atomic E-state index is 0.108. The van der Waals surface area contributed by atoms with Gasteiger partial charge in [0.15, 0.2) is 0 Å². The highest BCUT2D eigenvalue weighted by Crippen LogP contribution is 2.21. The van der Waals surface area contributed by atoms with Crippen molar-refractivity contribution in [3.05, 3.63) is 45.9 Å². The Kier molecular flexibility index (Phi) is 5.15. The second-order valence-electron chi connectivity index (χ2n) is 5.20. The summed E-state index contributed by atoms with van der Waals surface area (Å²) in [5.41, 5.74) is 8.13. The molecule has 0 bridgehead atoms. The molecule has 0 unspecified atom stereocenters. The maximum absolute atomic E-state index is 5.99. The van der Waals surface area contributed by atoms with Gasteiger partial charge in [-0.05, 0) is 24.1 Å². The number of nitrogens with two attached hydrogens (primary N) is 1. The van der Waals surface area contributed by atoms with Crippen molar-refractivity contribution in [3.63, 3.8) is 0 Å². The fourth-order valence-electron chi connectivity index (χ4n) is 1.86. The van der Waals surface area contributed by atoms with Crippen molar-refractivity contribution in [1.29, 1.82) is 0 Å². The van der Waals surface area contributed by atoms with Crippen LogP contribution in [0.15, 0.2) is 29.6 Å². The Labute approximate surface area is 124 Å².